The quantitative estimate of drug-likeness (QED) is 0.215. The van der Waals surface area contributed by atoms with Crippen LogP contribution in [-0.2, 0) is 13.8 Å². The van der Waals surface area contributed by atoms with Crippen LogP contribution in [0.4, 0.5) is 0 Å². The van der Waals surface area contributed by atoms with Gasteiger partial charge in [0, 0.05) is 39.9 Å². The van der Waals surface area contributed by atoms with Crippen LogP contribution in [0.15, 0.2) is 0 Å². The minimum atomic E-state index is -3.02. The summed E-state index contributed by atoms with van der Waals surface area (Å²) in [5.74, 6) is 2.46. The van der Waals surface area contributed by atoms with Gasteiger partial charge in [0.05, 0.1) is 6.61 Å². The normalized spacial score (nSPS) is 14.1. The zero-order valence-corrected chi connectivity index (χ0v) is 16.6. The van der Waals surface area contributed by atoms with E-state index >= 15 is 0 Å². The molecule has 134 valence electrons. The molecule has 0 spiro atoms. The van der Waals surface area contributed by atoms with Crippen molar-refractivity contribution in [3.05, 3.63) is 0 Å². The highest BCUT2D eigenvalue weighted by molar-refractivity contribution is 8.76. The summed E-state index contributed by atoms with van der Waals surface area (Å²) in [6.45, 7) is 1.37. The number of methoxy groups -OCH3 is 1. The molecule has 0 amide bonds. The molecule has 0 saturated carbocycles. The second kappa shape index (κ2) is 16.7. The Morgan fingerprint density at radius 3 is 1.82 bits per heavy atom. The van der Waals surface area contributed by atoms with Gasteiger partial charge in [-0.3, -0.25) is 0 Å². The summed E-state index contributed by atoms with van der Waals surface area (Å²) >= 11 is 0. The summed E-state index contributed by atoms with van der Waals surface area (Å²) in [5, 5.41) is 0. The molecule has 0 aliphatic carbocycles. The molecule has 0 fully saturated rings. The monoisotopic (exact) mass is 371 g/mol. The lowest BCUT2D eigenvalue weighted by molar-refractivity contribution is -0.205. The first-order chi connectivity index (χ1) is 10.6. The van der Waals surface area contributed by atoms with Crippen LogP contribution in [0.3, 0.4) is 0 Å². The first-order valence-corrected chi connectivity index (χ1v) is 12.2. The van der Waals surface area contributed by atoms with E-state index in [0.29, 0.717) is 6.61 Å². The third kappa shape index (κ3) is 17.2. The molecule has 22 heavy (non-hydrogen) atoms. The van der Waals surface area contributed by atoms with E-state index in [1.807, 2.05) is 21.6 Å². The molecule has 0 heterocycles. The highest BCUT2D eigenvalue weighted by Crippen LogP contribution is 2.36. The van der Waals surface area contributed by atoms with Crippen molar-refractivity contribution < 1.29 is 18.7 Å². The Labute approximate surface area is 144 Å². The predicted molar refractivity (Wildman–Crippen MR) is 101 cm³/mol. The SMILES string of the molecule is C=P([O-])(OC)OCCCCCCSSCCCCCCOC. The third-order valence-corrected chi connectivity index (χ3v) is 6.81. The maximum absolute atomic E-state index is 11.3. The molecular formula is C15H32O4PS2-. The van der Waals surface area contributed by atoms with Crippen LogP contribution in [0, 0.1) is 0 Å². The highest BCUT2D eigenvalue weighted by Gasteiger charge is 1.98. The van der Waals surface area contributed by atoms with E-state index in [1.54, 1.807) is 7.11 Å². The van der Waals surface area contributed by atoms with E-state index in [9.17, 15) is 4.89 Å². The lowest BCUT2D eigenvalue weighted by Crippen LogP contribution is -2.07. The zero-order valence-electron chi connectivity index (χ0n) is 14.1. The van der Waals surface area contributed by atoms with Gasteiger partial charge in [-0.15, -0.1) is 0 Å². The number of ether oxygens (including phenoxy) is 1. The molecule has 1 unspecified atom stereocenters. The third-order valence-electron chi connectivity index (χ3n) is 3.10. The molecule has 0 rings (SSSR count). The number of hydrogen-bond donors (Lipinski definition) is 0. The molecule has 0 bridgehead atoms. The van der Waals surface area contributed by atoms with Crippen molar-refractivity contribution in [2.75, 3.05) is 38.9 Å². The van der Waals surface area contributed by atoms with Crippen molar-refractivity contribution in [3.63, 3.8) is 0 Å². The van der Waals surface area contributed by atoms with Crippen LogP contribution in [0.1, 0.15) is 51.4 Å². The van der Waals surface area contributed by atoms with E-state index < -0.39 is 7.57 Å². The van der Waals surface area contributed by atoms with Gasteiger partial charge in [0.25, 0.3) is 0 Å². The number of hydrogen-bond acceptors (Lipinski definition) is 6. The van der Waals surface area contributed by atoms with Gasteiger partial charge in [-0.25, -0.2) is 0 Å². The molecule has 0 saturated heterocycles. The van der Waals surface area contributed by atoms with E-state index in [0.717, 1.165) is 19.4 Å². The van der Waals surface area contributed by atoms with Crippen molar-refractivity contribution in [3.8, 4) is 0 Å². The second-order valence-corrected chi connectivity index (χ2v) is 9.64. The molecule has 1 atom stereocenters. The largest absolute Gasteiger partial charge is 0.789 e. The van der Waals surface area contributed by atoms with Gasteiger partial charge >= 0.3 is 0 Å². The second-order valence-electron chi connectivity index (χ2n) is 5.09. The van der Waals surface area contributed by atoms with Gasteiger partial charge in [0.2, 0.25) is 0 Å². The Morgan fingerprint density at radius 2 is 1.32 bits per heavy atom. The van der Waals surface area contributed by atoms with E-state index in [1.165, 1.54) is 57.1 Å². The zero-order chi connectivity index (χ0) is 16.5. The molecule has 0 aromatic carbocycles. The minimum absolute atomic E-state index is 0.472. The van der Waals surface area contributed by atoms with Gasteiger partial charge in [-0.1, -0.05) is 53.6 Å². The Kier molecular flexibility index (Phi) is 17.3. The van der Waals surface area contributed by atoms with Crippen molar-refractivity contribution in [2.45, 2.75) is 51.4 Å². The predicted octanol–water partition coefficient (Wildman–Crippen LogP) is 4.35. The summed E-state index contributed by atoms with van der Waals surface area (Å²) in [6.07, 6.45) is 12.9. The fourth-order valence-corrected chi connectivity index (χ4v) is 4.56. The topological polar surface area (TPSA) is 50.8 Å². The maximum atomic E-state index is 11.3. The summed E-state index contributed by atoms with van der Waals surface area (Å²) in [4.78, 5) is 11.3. The van der Waals surface area contributed by atoms with Crippen molar-refractivity contribution in [1.29, 1.82) is 0 Å². The fraction of sp³-hybridized carbons (Fsp3) is 0.933. The van der Waals surface area contributed by atoms with Gasteiger partial charge in [-0.2, -0.15) is 0 Å². The molecule has 0 radical (unpaired) electrons. The number of rotatable bonds is 17. The lowest BCUT2D eigenvalue weighted by Gasteiger charge is -2.27. The average molecular weight is 372 g/mol. The van der Waals surface area contributed by atoms with Gasteiger partial charge < -0.3 is 18.7 Å². The molecule has 0 aromatic heterocycles. The van der Waals surface area contributed by atoms with Crippen LogP contribution in [0.2, 0.25) is 0 Å². The van der Waals surface area contributed by atoms with Gasteiger partial charge in [0.1, 0.15) is 0 Å². The first kappa shape index (κ1) is 22.8. The minimum Gasteiger partial charge on any atom is -0.789 e. The standard InChI is InChI=1S/C15H32O4PS2/c1-17-12-8-4-6-10-14-21-22-15-11-7-5-9-13-19-20(3,16)18-2/h3-15H2,1-2H3/q-1. The van der Waals surface area contributed by atoms with Gasteiger partial charge in [-0.05, 0) is 25.7 Å². The van der Waals surface area contributed by atoms with E-state index in [2.05, 4.69) is 10.8 Å². The highest BCUT2D eigenvalue weighted by atomic mass is 33.1. The molecule has 0 aliphatic rings. The van der Waals surface area contributed by atoms with Crippen molar-refractivity contribution in [2.24, 2.45) is 0 Å². The maximum Gasteiger partial charge on any atom is 0.0521 e. The van der Waals surface area contributed by atoms with E-state index in [-0.39, 0.29) is 0 Å². The number of unbranched alkanes of at least 4 members (excludes halogenated alkanes) is 6. The lowest BCUT2D eigenvalue weighted by atomic mass is 10.2. The van der Waals surface area contributed by atoms with Crippen molar-refractivity contribution in [1.82, 2.24) is 0 Å². The average Bonchev–Trinajstić information content (AvgIpc) is 2.51. The molecule has 0 aliphatic heterocycles. The Balaban J connectivity index is 3.07. The summed E-state index contributed by atoms with van der Waals surface area (Å²) < 4.78 is 14.8. The van der Waals surface area contributed by atoms with Crippen LogP contribution >= 0.6 is 29.2 Å². The molecule has 7 heteroatoms. The first-order valence-electron chi connectivity index (χ1n) is 8.00. The smallest absolute Gasteiger partial charge is 0.0521 e. The van der Waals surface area contributed by atoms with Crippen LogP contribution < -0.4 is 4.89 Å². The molecular weight excluding hydrogens is 339 g/mol. The van der Waals surface area contributed by atoms with Crippen LogP contribution in [0.5, 0.6) is 0 Å². The van der Waals surface area contributed by atoms with Crippen molar-refractivity contribution >= 4 is 35.5 Å². The van der Waals surface area contributed by atoms with Crippen LogP contribution in [0.25, 0.3) is 0 Å². The molecule has 4 nitrogen and oxygen atoms in total. The Morgan fingerprint density at radius 1 is 0.818 bits per heavy atom. The molecule has 0 N–H and O–H groups in total. The summed E-state index contributed by atoms with van der Waals surface area (Å²) in [5.41, 5.74) is 0. The van der Waals surface area contributed by atoms with E-state index in [4.69, 9.17) is 9.26 Å². The summed E-state index contributed by atoms with van der Waals surface area (Å²) in [7, 11) is 4.07. The van der Waals surface area contributed by atoms with Gasteiger partial charge in [0.15, 0.2) is 0 Å². The Hall–Kier alpha value is 0.840. The fourth-order valence-electron chi connectivity index (χ4n) is 1.75. The Bertz CT molecular complexity index is 280. The van der Waals surface area contributed by atoms with Crippen LogP contribution in [-0.4, -0.2) is 45.2 Å². The molecule has 0 aromatic rings. The summed E-state index contributed by atoms with van der Waals surface area (Å²) in [6, 6.07) is 0.